The molecule has 7 nitrogen and oxygen atoms in total. The molecule has 3 heterocycles. The van der Waals surface area contributed by atoms with Gasteiger partial charge in [-0.1, -0.05) is 0 Å². The van der Waals surface area contributed by atoms with Crippen LogP contribution in [0.1, 0.15) is 5.69 Å². The Kier molecular flexibility index (Phi) is 4.33. The van der Waals surface area contributed by atoms with E-state index in [4.69, 9.17) is 0 Å². The van der Waals surface area contributed by atoms with E-state index in [0.717, 1.165) is 43.3 Å². The molecule has 0 spiro atoms. The van der Waals surface area contributed by atoms with E-state index >= 15 is 0 Å². The highest BCUT2D eigenvalue weighted by atomic mass is 16.3. The molecule has 2 aromatic rings. The number of anilines is 1. The summed E-state index contributed by atoms with van der Waals surface area (Å²) < 4.78 is 1.75. The number of aliphatic hydroxyl groups is 1. The van der Waals surface area contributed by atoms with E-state index < -0.39 is 6.10 Å². The van der Waals surface area contributed by atoms with Crippen molar-refractivity contribution in [2.24, 2.45) is 0 Å². The summed E-state index contributed by atoms with van der Waals surface area (Å²) in [6.07, 6.45) is 1.33. The molecule has 1 fully saturated rings. The molecular weight excluding hydrogens is 268 g/mol. The van der Waals surface area contributed by atoms with Crippen LogP contribution in [0.2, 0.25) is 0 Å². The highest BCUT2D eigenvalue weighted by molar-refractivity contribution is 5.48. The van der Waals surface area contributed by atoms with Crippen LogP contribution < -0.4 is 10.6 Å². The number of nitrogens with zero attached hydrogens (tertiary/aromatic N) is 4. The van der Waals surface area contributed by atoms with Gasteiger partial charge in [-0.25, -0.2) is 4.98 Å². The van der Waals surface area contributed by atoms with Crippen LogP contribution in [-0.2, 0) is 0 Å². The summed E-state index contributed by atoms with van der Waals surface area (Å²) in [5.74, 6) is 0.863. The second-order valence-corrected chi connectivity index (χ2v) is 5.47. The number of fused-ring (bicyclic) bond motifs is 1. The lowest BCUT2D eigenvalue weighted by Gasteiger charge is -2.29. The molecule has 1 saturated heterocycles. The van der Waals surface area contributed by atoms with Gasteiger partial charge in [-0.05, 0) is 6.92 Å². The fourth-order valence-corrected chi connectivity index (χ4v) is 2.64. The Morgan fingerprint density at radius 1 is 1.43 bits per heavy atom. The van der Waals surface area contributed by atoms with E-state index in [1.807, 2.05) is 19.1 Å². The maximum Gasteiger partial charge on any atom is 0.157 e. The van der Waals surface area contributed by atoms with Crippen LogP contribution in [0.4, 0.5) is 5.82 Å². The average molecular weight is 290 g/mol. The molecule has 0 aliphatic carbocycles. The molecule has 114 valence electrons. The molecule has 2 aromatic heterocycles. The van der Waals surface area contributed by atoms with E-state index in [1.165, 1.54) is 0 Å². The summed E-state index contributed by atoms with van der Waals surface area (Å²) in [5, 5.41) is 21.0. The number of aryl methyl sites for hydroxylation is 1. The second-order valence-electron chi connectivity index (χ2n) is 5.47. The highest BCUT2D eigenvalue weighted by Gasteiger charge is 2.14. The highest BCUT2D eigenvalue weighted by Crippen LogP contribution is 2.11. The van der Waals surface area contributed by atoms with Crippen molar-refractivity contribution in [3.63, 3.8) is 0 Å². The Labute approximate surface area is 124 Å². The normalized spacial score (nSPS) is 18.0. The van der Waals surface area contributed by atoms with Crippen molar-refractivity contribution < 1.29 is 5.11 Å². The summed E-state index contributed by atoms with van der Waals surface area (Å²) in [7, 11) is 0. The molecule has 1 aliphatic rings. The molecule has 1 unspecified atom stereocenters. The summed E-state index contributed by atoms with van der Waals surface area (Å²) in [4.78, 5) is 6.68. The van der Waals surface area contributed by atoms with E-state index in [0.29, 0.717) is 13.1 Å². The third kappa shape index (κ3) is 3.49. The van der Waals surface area contributed by atoms with Gasteiger partial charge in [-0.2, -0.15) is 9.61 Å². The molecule has 0 aromatic carbocycles. The van der Waals surface area contributed by atoms with Gasteiger partial charge in [0.15, 0.2) is 5.65 Å². The lowest BCUT2D eigenvalue weighted by molar-refractivity contribution is 0.114. The van der Waals surface area contributed by atoms with Gasteiger partial charge in [0.05, 0.1) is 12.3 Å². The largest absolute Gasteiger partial charge is 0.390 e. The molecule has 21 heavy (non-hydrogen) atoms. The number of aromatic nitrogens is 3. The summed E-state index contributed by atoms with van der Waals surface area (Å²) >= 11 is 0. The number of piperazine rings is 1. The predicted octanol–water partition coefficient (Wildman–Crippen LogP) is -0.284. The SMILES string of the molecule is Cc1cc(NCC(O)CN2CCNCC2)n2nccc2n1. The number of hydrogen-bond donors (Lipinski definition) is 3. The Morgan fingerprint density at radius 2 is 2.24 bits per heavy atom. The smallest absolute Gasteiger partial charge is 0.157 e. The molecule has 0 saturated carbocycles. The molecule has 3 rings (SSSR count). The molecule has 3 N–H and O–H groups in total. The Bertz CT molecular complexity index is 592. The van der Waals surface area contributed by atoms with Gasteiger partial charge < -0.3 is 15.7 Å². The molecule has 7 heteroatoms. The van der Waals surface area contributed by atoms with Crippen molar-refractivity contribution >= 4 is 11.5 Å². The third-order valence-electron chi connectivity index (χ3n) is 3.68. The fourth-order valence-electron chi connectivity index (χ4n) is 2.64. The summed E-state index contributed by atoms with van der Waals surface area (Å²) in [5.41, 5.74) is 1.75. The fraction of sp³-hybridized carbons (Fsp3) is 0.571. The first-order valence-electron chi connectivity index (χ1n) is 7.39. The average Bonchev–Trinajstić information content (AvgIpc) is 2.94. The Balaban J connectivity index is 1.59. The molecule has 0 radical (unpaired) electrons. The minimum Gasteiger partial charge on any atom is -0.390 e. The van der Waals surface area contributed by atoms with E-state index in [1.54, 1.807) is 10.7 Å². The van der Waals surface area contributed by atoms with Crippen molar-refractivity contribution in [1.82, 2.24) is 24.8 Å². The van der Waals surface area contributed by atoms with Gasteiger partial charge in [-0.3, -0.25) is 4.90 Å². The number of β-amino-alcohol motifs (C(OH)–C–C–N with tert-alkyl or cyclic N) is 1. The summed E-state index contributed by atoms with van der Waals surface area (Å²) in [6, 6.07) is 3.81. The third-order valence-corrected chi connectivity index (χ3v) is 3.68. The summed E-state index contributed by atoms with van der Waals surface area (Å²) in [6.45, 7) is 7.14. The maximum atomic E-state index is 10.2. The molecule has 1 aliphatic heterocycles. The van der Waals surface area contributed by atoms with Crippen LogP contribution in [0.15, 0.2) is 18.3 Å². The van der Waals surface area contributed by atoms with Crippen LogP contribution in [0.5, 0.6) is 0 Å². The number of nitrogens with one attached hydrogen (secondary N) is 2. The van der Waals surface area contributed by atoms with Gasteiger partial charge in [0.25, 0.3) is 0 Å². The zero-order valence-corrected chi connectivity index (χ0v) is 12.3. The van der Waals surface area contributed by atoms with E-state index in [2.05, 4.69) is 25.6 Å². The minimum atomic E-state index is -0.401. The van der Waals surface area contributed by atoms with Crippen LogP contribution in [0.3, 0.4) is 0 Å². The first-order valence-corrected chi connectivity index (χ1v) is 7.39. The number of rotatable bonds is 5. The van der Waals surface area contributed by atoms with E-state index in [9.17, 15) is 5.11 Å². The monoisotopic (exact) mass is 290 g/mol. The maximum absolute atomic E-state index is 10.2. The predicted molar refractivity (Wildman–Crippen MR) is 81.5 cm³/mol. The quantitative estimate of drug-likeness (QED) is 0.703. The second kappa shape index (κ2) is 6.38. The van der Waals surface area contributed by atoms with Crippen LogP contribution in [0, 0.1) is 6.92 Å². The van der Waals surface area contributed by atoms with Crippen molar-refractivity contribution in [3.05, 3.63) is 24.0 Å². The zero-order chi connectivity index (χ0) is 14.7. The Morgan fingerprint density at radius 3 is 3.05 bits per heavy atom. The van der Waals surface area contributed by atoms with Crippen molar-refractivity contribution in [1.29, 1.82) is 0 Å². The minimum absolute atomic E-state index is 0.401. The van der Waals surface area contributed by atoms with Crippen molar-refractivity contribution in [2.75, 3.05) is 44.6 Å². The molecule has 0 amide bonds. The Hall–Kier alpha value is -1.70. The van der Waals surface area contributed by atoms with Gasteiger partial charge in [-0.15, -0.1) is 0 Å². The lowest BCUT2D eigenvalue weighted by Crippen LogP contribution is -2.47. The number of hydrogen-bond acceptors (Lipinski definition) is 6. The van der Waals surface area contributed by atoms with Gasteiger partial charge >= 0.3 is 0 Å². The zero-order valence-electron chi connectivity index (χ0n) is 12.3. The molecule has 0 bridgehead atoms. The van der Waals surface area contributed by atoms with Gasteiger partial charge in [0.2, 0.25) is 0 Å². The van der Waals surface area contributed by atoms with Gasteiger partial charge in [0.1, 0.15) is 5.82 Å². The topological polar surface area (TPSA) is 77.7 Å². The number of aliphatic hydroxyl groups excluding tert-OH is 1. The van der Waals surface area contributed by atoms with Crippen LogP contribution in [0.25, 0.3) is 5.65 Å². The van der Waals surface area contributed by atoms with Crippen molar-refractivity contribution in [2.45, 2.75) is 13.0 Å². The first-order chi connectivity index (χ1) is 10.2. The molecule has 1 atom stereocenters. The van der Waals surface area contributed by atoms with Gasteiger partial charge in [0, 0.05) is 57.1 Å². The van der Waals surface area contributed by atoms with E-state index in [-0.39, 0.29) is 0 Å². The van der Waals surface area contributed by atoms with Crippen molar-refractivity contribution in [3.8, 4) is 0 Å². The molecular formula is C14H22N6O. The lowest BCUT2D eigenvalue weighted by atomic mass is 10.2. The van der Waals surface area contributed by atoms with Crippen LogP contribution >= 0.6 is 0 Å². The van der Waals surface area contributed by atoms with Crippen LogP contribution in [-0.4, -0.2) is 70.0 Å². The first kappa shape index (κ1) is 14.2. The standard InChI is InChI=1S/C14H22N6O/c1-11-8-14(20-13(18-11)2-3-17-20)16-9-12(21)10-19-6-4-15-5-7-19/h2-3,8,12,15-16,21H,4-7,9-10H2,1H3.